The van der Waals surface area contributed by atoms with E-state index in [0.29, 0.717) is 54.4 Å². The molecule has 9 nitrogen and oxygen atoms in total. The molecule has 0 saturated carbocycles. The molecule has 1 atom stereocenters. The summed E-state index contributed by atoms with van der Waals surface area (Å²) < 4.78 is 1.08. The Labute approximate surface area is 226 Å². The first-order chi connectivity index (χ1) is 17.2. The van der Waals surface area contributed by atoms with Crippen molar-refractivity contribution in [3.05, 3.63) is 56.0 Å². The molecule has 3 heterocycles. The van der Waals surface area contributed by atoms with E-state index in [0.717, 1.165) is 22.4 Å². The Morgan fingerprint density at radius 1 is 1.11 bits per heavy atom. The third kappa shape index (κ3) is 4.66. The lowest BCUT2D eigenvalue weighted by atomic mass is 10.0. The minimum absolute atomic E-state index is 0.0438. The van der Waals surface area contributed by atoms with Gasteiger partial charge in [0.1, 0.15) is 11.8 Å². The second-order valence-electron chi connectivity index (χ2n) is 9.49. The highest BCUT2D eigenvalue weighted by Gasteiger charge is 2.35. The van der Waals surface area contributed by atoms with Crippen LogP contribution in [-0.4, -0.2) is 70.0 Å². The Bertz CT molecular complexity index is 1230. The van der Waals surface area contributed by atoms with Crippen molar-refractivity contribution in [2.45, 2.75) is 44.4 Å². The smallest absolute Gasteiger partial charge is 0.322 e. The number of para-hydroxylation sites is 1. The van der Waals surface area contributed by atoms with Crippen molar-refractivity contribution in [3.8, 4) is 5.75 Å². The second-order valence-corrected chi connectivity index (χ2v) is 11.1. The Balaban J connectivity index is 1.23. The summed E-state index contributed by atoms with van der Waals surface area (Å²) in [5.41, 5.74) is 3.64. The molecule has 0 aliphatic carbocycles. The Morgan fingerprint density at radius 2 is 1.83 bits per heavy atom. The number of likely N-dealkylation sites (N-methyl/N-ethyl adjacent to an activating group) is 1. The summed E-state index contributed by atoms with van der Waals surface area (Å²) in [6, 6.07) is 8.53. The van der Waals surface area contributed by atoms with Crippen LogP contribution < -0.4 is 10.6 Å². The fraction of sp³-hybridized carbons (Fsp3) is 0.400. The summed E-state index contributed by atoms with van der Waals surface area (Å²) in [4.78, 5) is 44.0. The number of carbonyl (C=O) groups excluding carboxylic acids is 3. The van der Waals surface area contributed by atoms with Gasteiger partial charge in [0.2, 0.25) is 5.91 Å². The molecule has 3 aliphatic rings. The topological polar surface area (TPSA) is 105 Å². The maximum atomic E-state index is 13.1. The van der Waals surface area contributed by atoms with E-state index < -0.39 is 6.04 Å². The van der Waals surface area contributed by atoms with Crippen LogP contribution in [0.3, 0.4) is 0 Å². The number of hydrogen-bond acceptors (Lipinski definition) is 4. The van der Waals surface area contributed by atoms with Crippen molar-refractivity contribution >= 4 is 55.5 Å². The van der Waals surface area contributed by atoms with Crippen molar-refractivity contribution in [1.82, 2.24) is 20.0 Å². The number of phenols is 1. The lowest BCUT2D eigenvalue weighted by Gasteiger charge is -2.40. The molecule has 3 N–H and O–H groups in total. The highest BCUT2D eigenvalue weighted by Crippen LogP contribution is 2.39. The van der Waals surface area contributed by atoms with Crippen molar-refractivity contribution in [3.63, 3.8) is 0 Å². The quantitative estimate of drug-likeness (QED) is 0.472. The minimum Gasteiger partial charge on any atom is -0.506 e. The maximum absolute atomic E-state index is 13.1. The monoisotopic (exact) mass is 619 g/mol. The third-order valence-corrected chi connectivity index (χ3v) is 8.69. The molecule has 5 amide bonds. The molecular weight excluding hydrogens is 594 g/mol. The zero-order valence-corrected chi connectivity index (χ0v) is 22.9. The summed E-state index contributed by atoms with van der Waals surface area (Å²) in [6.07, 6.45) is 1.67. The number of aromatic hydroxyl groups is 1. The van der Waals surface area contributed by atoms with Gasteiger partial charge in [-0.2, -0.15) is 0 Å². The van der Waals surface area contributed by atoms with Crippen LogP contribution in [0.5, 0.6) is 5.75 Å². The van der Waals surface area contributed by atoms with Crippen molar-refractivity contribution in [2.24, 2.45) is 0 Å². The molecule has 1 saturated heterocycles. The Hall–Kier alpha value is -2.79. The number of benzene rings is 2. The van der Waals surface area contributed by atoms with Gasteiger partial charge in [0.05, 0.1) is 8.95 Å². The average molecular weight is 621 g/mol. The highest BCUT2D eigenvalue weighted by atomic mass is 79.9. The fourth-order valence-corrected chi connectivity index (χ4v) is 6.52. The standard InChI is InChI=1S/C25H27Br2N5O4/c1-30-13-17-15(10-18(26)22(33)21(17)27)11-20(23(30)34)29-24(35)31-8-6-16(7-9-31)32-12-14-4-2-3-5-19(14)28-25(32)36/h2-5,10,16,20,33H,6-9,11-13H2,1H3,(H,28,36)(H,29,35). The summed E-state index contributed by atoms with van der Waals surface area (Å²) in [6.45, 7) is 1.89. The predicted molar refractivity (Wildman–Crippen MR) is 142 cm³/mol. The van der Waals surface area contributed by atoms with Crippen LogP contribution in [0.4, 0.5) is 15.3 Å². The Kier molecular flexibility index (Phi) is 6.86. The molecule has 0 bridgehead atoms. The first kappa shape index (κ1) is 24.9. The molecule has 5 rings (SSSR count). The molecular formula is C25H27Br2N5O4. The van der Waals surface area contributed by atoms with Crippen molar-refractivity contribution in [1.29, 1.82) is 0 Å². The van der Waals surface area contributed by atoms with Gasteiger partial charge in [-0.3, -0.25) is 4.79 Å². The summed E-state index contributed by atoms with van der Waals surface area (Å²) in [7, 11) is 1.69. The van der Waals surface area contributed by atoms with E-state index >= 15 is 0 Å². The van der Waals surface area contributed by atoms with E-state index in [2.05, 4.69) is 42.5 Å². The summed E-state index contributed by atoms with van der Waals surface area (Å²) in [5.74, 6) is -0.0913. The molecule has 1 fully saturated rings. The van der Waals surface area contributed by atoms with E-state index in [4.69, 9.17) is 0 Å². The number of likely N-dealkylation sites (tertiary alicyclic amines) is 1. The summed E-state index contributed by atoms with van der Waals surface area (Å²) >= 11 is 6.80. The number of anilines is 1. The van der Waals surface area contributed by atoms with Gasteiger partial charge in [-0.25, -0.2) is 9.59 Å². The van der Waals surface area contributed by atoms with Gasteiger partial charge in [0.25, 0.3) is 0 Å². The van der Waals surface area contributed by atoms with Gasteiger partial charge >= 0.3 is 12.1 Å². The minimum atomic E-state index is -0.714. The lowest BCUT2D eigenvalue weighted by Crippen LogP contribution is -2.55. The van der Waals surface area contributed by atoms with Crippen LogP contribution in [0.15, 0.2) is 39.3 Å². The molecule has 2 aromatic rings. The molecule has 3 aliphatic heterocycles. The molecule has 0 aromatic heterocycles. The van der Waals surface area contributed by atoms with E-state index in [1.165, 1.54) is 0 Å². The largest absolute Gasteiger partial charge is 0.506 e. The number of carbonyl (C=O) groups is 3. The van der Waals surface area contributed by atoms with Crippen molar-refractivity contribution in [2.75, 3.05) is 25.5 Å². The van der Waals surface area contributed by atoms with Crippen LogP contribution in [0.2, 0.25) is 0 Å². The van der Waals surface area contributed by atoms with Crippen LogP contribution in [0, 0.1) is 0 Å². The van der Waals surface area contributed by atoms with Crippen LogP contribution >= 0.6 is 31.9 Å². The van der Waals surface area contributed by atoms with Crippen molar-refractivity contribution < 1.29 is 19.5 Å². The molecule has 11 heteroatoms. The number of hydrogen-bond donors (Lipinski definition) is 3. The molecule has 0 spiro atoms. The zero-order valence-electron chi connectivity index (χ0n) is 19.8. The summed E-state index contributed by atoms with van der Waals surface area (Å²) in [5, 5.41) is 16.2. The molecule has 0 radical (unpaired) electrons. The number of piperidine rings is 1. The van der Waals surface area contributed by atoms with Gasteiger partial charge in [-0.15, -0.1) is 0 Å². The molecule has 190 valence electrons. The number of nitrogens with one attached hydrogen (secondary N) is 2. The third-order valence-electron chi connectivity index (χ3n) is 7.23. The van der Waals surface area contributed by atoms with Gasteiger partial charge < -0.3 is 30.4 Å². The first-order valence-corrected chi connectivity index (χ1v) is 13.5. The maximum Gasteiger partial charge on any atom is 0.322 e. The number of nitrogens with zero attached hydrogens (tertiary/aromatic N) is 3. The number of rotatable bonds is 2. The normalized spacial score (nSPS) is 20.4. The van der Waals surface area contributed by atoms with Crippen LogP contribution in [-0.2, 0) is 24.3 Å². The van der Waals surface area contributed by atoms with Gasteiger partial charge in [0.15, 0.2) is 0 Å². The van der Waals surface area contributed by atoms with Gasteiger partial charge in [-0.05, 0) is 73.5 Å². The van der Waals surface area contributed by atoms with Crippen LogP contribution in [0.1, 0.15) is 29.5 Å². The van der Waals surface area contributed by atoms with Gasteiger partial charge in [-0.1, -0.05) is 18.2 Å². The molecule has 36 heavy (non-hydrogen) atoms. The average Bonchev–Trinajstić information content (AvgIpc) is 2.99. The second kappa shape index (κ2) is 9.93. The van der Waals surface area contributed by atoms with E-state index in [1.54, 1.807) is 22.9 Å². The predicted octanol–water partition coefficient (Wildman–Crippen LogP) is 4.02. The molecule has 1 unspecified atom stereocenters. The molecule has 2 aromatic carbocycles. The number of amides is 5. The number of halogens is 2. The zero-order chi connectivity index (χ0) is 25.6. The number of fused-ring (bicyclic) bond motifs is 2. The lowest BCUT2D eigenvalue weighted by molar-refractivity contribution is -0.132. The van der Waals surface area contributed by atoms with E-state index in [-0.39, 0.29) is 29.8 Å². The van der Waals surface area contributed by atoms with Crippen LogP contribution in [0.25, 0.3) is 0 Å². The highest BCUT2D eigenvalue weighted by molar-refractivity contribution is 9.11. The Morgan fingerprint density at radius 3 is 2.58 bits per heavy atom. The first-order valence-electron chi connectivity index (χ1n) is 11.9. The fourth-order valence-electron chi connectivity index (χ4n) is 5.19. The van der Waals surface area contributed by atoms with Gasteiger partial charge in [0, 0.05) is 51.4 Å². The SMILES string of the molecule is CN1Cc2c(cc(Br)c(O)c2Br)CC(NC(=O)N2CCC(N3Cc4ccccc4NC3=O)CC2)C1=O. The van der Waals surface area contributed by atoms with E-state index in [9.17, 15) is 19.5 Å². The number of phenolic OH excluding ortho intramolecular Hbond substituents is 1. The number of urea groups is 2. The van der Waals surface area contributed by atoms with E-state index in [1.807, 2.05) is 29.2 Å².